The smallest absolute Gasteiger partial charge is 0.261 e. The third-order valence-corrected chi connectivity index (χ3v) is 5.73. The molecule has 0 radical (unpaired) electrons. The van der Waals surface area contributed by atoms with E-state index in [1.54, 1.807) is 36.4 Å². The number of hydrogen-bond acceptors (Lipinski definition) is 4. The third kappa shape index (κ3) is 5.61. The van der Waals surface area contributed by atoms with Gasteiger partial charge in [0.25, 0.3) is 15.9 Å². The monoisotopic (exact) mass is 424 g/mol. The molecule has 1 amide bonds. The van der Waals surface area contributed by atoms with Crippen LogP contribution in [0.3, 0.4) is 0 Å². The average Bonchev–Trinajstić information content (AvgIpc) is 2.75. The normalized spacial score (nSPS) is 11.0. The molecule has 0 saturated carbocycles. The van der Waals surface area contributed by atoms with Gasteiger partial charge in [0.15, 0.2) is 0 Å². The maximum Gasteiger partial charge on any atom is 0.261 e. The lowest BCUT2D eigenvalue weighted by molar-refractivity contribution is 0.0954. The van der Waals surface area contributed by atoms with Gasteiger partial charge in [-0.1, -0.05) is 43.7 Å². The maximum atomic E-state index is 12.8. The zero-order chi connectivity index (χ0) is 21.4. The fraction of sp³-hybridized carbons (Fsp3) is 0.174. The zero-order valence-corrected chi connectivity index (χ0v) is 17.5. The van der Waals surface area contributed by atoms with Crippen LogP contribution in [0.15, 0.2) is 83.8 Å². The highest BCUT2D eigenvalue weighted by molar-refractivity contribution is 7.92. The van der Waals surface area contributed by atoms with E-state index in [9.17, 15) is 13.2 Å². The van der Waals surface area contributed by atoms with Gasteiger partial charge in [-0.2, -0.15) is 0 Å². The number of para-hydroxylation sites is 2. The third-order valence-electron chi connectivity index (χ3n) is 4.34. The molecule has 0 aliphatic carbocycles. The number of rotatable bonds is 9. The van der Waals surface area contributed by atoms with E-state index in [1.165, 1.54) is 12.1 Å². The van der Waals surface area contributed by atoms with Crippen molar-refractivity contribution in [2.75, 3.05) is 11.3 Å². The molecular weight excluding hydrogens is 400 g/mol. The number of carbonyl (C=O) groups is 1. The fourth-order valence-electron chi connectivity index (χ4n) is 2.76. The zero-order valence-electron chi connectivity index (χ0n) is 16.7. The van der Waals surface area contributed by atoms with E-state index in [2.05, 4.69) is 10.0 Å². The highest BCUT2D eigenvalue weighted by Gasteiger charge is 2.18. The summed E-state index contributed by atoms with van der Waals surface area (Å²) in [6.45, 7) is 2.57. The van der Waals surface area contributed by atoms with Crippen LogP contribution < -0.4 is 14.8 Å². The SMILES string of the molecule is CCCCNC(=O)c1ccccc1NS(=O)(=O)c1ccc(Oc2ccccc2)cc1. The molecule has 7 heteroatoms. The standard InChI is InChI=1S/C23H24N2O4S/c1-2-3-17-24-23(26)21-11-7-8-12-22(21)25-30(27,28)20-15-13-19(14-16-20)29-18-9-5-4-6-10-18/h4-16,25H,2-3,17H2,1H3,(H,24,26). The average molecular weight is 425 g/mol. The summed E-state index contributed by atoms with van der Waals surface area (Å²) >= 11 is 0. The van der Waals surface area contributed by atoms with Crippen molar-refractivity contribution in [1.82, 2.24) is 5.32 Å². The molecule has 3 rings (SSSR count). The Kier molecular flexibility index (Phi) is 7.08. The Labute approximate surface area is 177 Å². The summed E-state index contributed by atoms with van der Waals surface area (Å²) in [6, 6.07) is 21.9. The molecule has 0 heterocycles. The molecule has 0 fully saturated rings. The number of unbranched alkanes of at least 4 members (excludes halogenated alkanes) is 1. The summed E-state index contributed by atoms with van der Waals surface area (Å²) in [6.07, 6.45) is 1.82. The number of nitrogens with one attached hydrogen (secondary N) is 2. The van der Waals surface area contributed by atoms with Crippen LogP contribution in [0.2, 0.25) is 0 Å². The molecule has 3 aromatic carbocycles. The number of anilines is 1. The first-order valence-electron chi connectivity index (χ1n) is 9.72. The summed E-state index contributed by atoms with van der Waals surface area (Å²) in [4.78, 5) is 12.5. The highest BCUT2D eigenvalue weighted by atomic mass is 32.2. The minimum atomic E-state index is -3.87. The lowest BCUT2D eigenvalue weighted by Crippen LogP contribution is -2.26. The quantitative estimate of drug-likeness (QED) is 0.483. The Morgan fingerprint density at radius 2 is 1.50 bits per heavy atom. The highest BCUT2D eigenvalue weighted by Crippen LogP contribution is 2.24. The van der Waals surface area contributed by atoms with Gasteiger partial charge in [0.2, 0.25) is 0 Å². The molecule has 0 bridgehead atoms. The van der Waals surface area contributed by atoms with Crippen LogP contribution in [0.1, 0.15) is 30.1 Å². The van der Waals surface area contributed by atoms with Gasteiger partial charge in [0.05, 0.1) is 16.1 Å². The van der Waals surface area contributed by atoms with E-state index in [4.69, 9.17) is 4.74 Å². The summed E-state index contributed by atoms with van der Waals surface area (Å²) in [5.41, 5.74) is 0.511. The molecule has 156 valence electrons. The van der Waals surface area contributed by atoms with Crippen molar-refractivity contribution in [1.29, 1.82) is 0 Å². The van der Waals surface area contributed by atoms with Gasteiger partial charge in [-0.25, -0.2) is 8.42 Å². The van der Waals surface area contributed by atoms with E-state index < -0.39 is 10.0 Å². The number of amides is 1. The molecule has 0 aromatic heterocycles. The van der Waals surface area contributed by atoms with Gasteiger partial charge in [0.1, 0.15) is 11.5 Å². The maximum absolute atomic E-state index is 12.8. The van der Waals surface area contributed by atoms with Gasteiger partial charge in [-0.3, -0.25) is 9.52 Å². The summed E-state index contributed by atoms with van der Waals surface area (Å²) in [7, 11) is -3.87. The first-order valence-corrected chi connectivity index (χ1v) is 11.2. The van der Waals surface area contributed by atoms with Crippen molar-refractivity contribution < 1.29 is 17.9 Å². The van der Waals surface area contributed by atoms with Crippen molar-refractivity contribution >= 4 is 21.6 Å². The Morgan fingerprint density at radius 1 is 0.867 bits per heavy atom. The Balaban J connectivity index is 1.74. The molecule has 0 unspecified atom stereocenters. The number of benzene rings is 3. The van der Waals surface area contributed by atoms with E-state index in [0.29, 0.717) is 18.0 Å². The van der Waals surface area contributed by atoms with Crippen molar-refractivity contribution in [2.24, 2.45) is 0 Å². The van der Waals surface area contributed by atoms with Crippen LogP contribution in [-0.4, -0.2) is 20.9 Å². The van der Waals surface area contributed by atoms with Gasteiger partial charge in [0, 0.05) is 6.54 Å². The topological polar surface area (TPSA) is 84.5 Å². The van der Waals surface area contributed by atoms with Gasteiger partial charge in [-0.15, -0.1) is 0 Å². The van der Waals surface area contributed by atoms with E-state index in [0.717, 1.165) is 12.8 Å². The van der Waals surface area contributed by atoms with Crippen molar-refractivity contribution in [3.63, 3.8) is 0 Å². The van der Waals surface area contributed by atoms with E-state index in [1.807, 2.05) is 37.3 Å². The predicted octanol–water partition coefficient (Wildman–Crippen LogP) is 4.81. The second kappa shape index (κ2) is 9.93. The van der Waals surface area contributed by atoms with Crippen molar-refractivity contribution in [3.8, 4) is 11.5 Å². The van der Waals surface area contributed by atoms with Crippen LogP contribution in [0.4, 0.5) is 5.69 Å². The van der Waals surface area contributed by atoms with Crippen molar-refractivity contribution in [2.45, 2.75) is 24.7 Å². The van der Waals surface area contributed by atoms with Crippen LogP contribution in [0.5, 0.6) is 11.5 Å². The lowest BCUT2D eigenvalue weighted by atomic mass is 10.1. The fourth-order valence-corrected chi connectivity index (χ4v) is 3.84. The second-order valence-corrected chi connectivity index (χ2v) is 8.33. The van der Waals surface area contributed by atoms with E-state index in [-0.39, 0.29) is 22.1 Å². The number of carbonyl (C=O) groups excluding carboxylic acids is 1. The van der Waals surface area contributed by atoms with Gasteiger partial charge < -0.3 is 10.1 Å². The molecule has 0 aliphatic rings. The van der Waals surface area contributed by atoms with Crippen LogP contribution in [0, 0.1) is 0 Å². The van der Waals surface area contributed by atoms with Gasteiger partial charge >= 0.3 is 0 Å². The Bertz CT molecular complexity index is 1080. The number of sulfonamides is 1. The van der Waals surface area contributed by atoms with Crippen LogP contribution in [0.25, 0.3) is 0 Å². The molecule has 3 aromatic rings. The summed E-state index contributed by atoms with van der Waals surface area (Å²) < 4.78 is 33.9. The Morgan fingerprint density at radius 3 is 2.20 bits per heavy atom. The Hall–Kier alpha value is -3.32. The molecule has 0 saturated heterocycles. The van der Waals surface area contributed by atoms with Crippen molar-refractivity contribution in [3.05, 3.63) is 84.4 Å². The molecule has 0 atom stereocenters. The molecule has 30 heavy (non-hydrogen) atoms. The lowest BCUT2D eigenvalue weighted by Gasteiger charge is -2.13. The molecule has 0 spiro atoms. The molecule has 0 aliphatic heterocycles. The molecule has 2 N–H and O–H groups in total. The predicted molar refractivity (Wildman–Crippen MR) is 117 cm³/mol. The molecular formula is C23H24N2O4S. The first kappa shape index (κ1) is 21.4. The van der Waals surface area contributed by atoms with Gasteiger partial charge in [-0.05, 0) is 55.0 Å². The summed E-state index contributed by atoms with van der Waals surface area (Å²) in [5, 5.41) is 2.81. The summed E-state index contributed by atoms with van der Waals surface area (Å²) in [5.74, 6) is 0.874. The second-order valence-electron chi connectivity index (χ2n) is 6.65. The number of hydrogen-bond donors (Lipinski definition) is 2. The minimum absolute atomic E-state index is 0.0732. The molecule has 6 nitrogen and oxygen atoms in total. The minimum Gasteiger partial charge on any atom is -0.457 e. The first-order chi connectivity index (χ1) is 14.5. The van der Waals surface area contributed by atoms with E-state index >= 15 is 0 Å². The number of ether oxygens (including phenoxy) is 1. The largest absolute Gasteiger partial charge is 0.457 e. The van der Waals surface area contributed by atoms with Crippen LogP contribution >= 0.6 is 0 Å². The van der Waals surface area contributed by atoms with Crippen LogP contribution in [-0.2, 0) is 10.0 Å².